The Kier molecular flexibility index (Phi) is 5.73. The summed E-state index contributed by atoms with van der Waals surface area (Å²) in [5.74, 6) is -0.924. The summed E-state index contributed by atoms with van der Waals surface area (Å²) >= 11 is 0. The monoisotopic (exact) mass is 296 g/mol. The average molecular weight is 297 g/mol. The van der Waals surface area contributed by atoms with Crippen LogP contribution in [0.1, 0.15) is 15.9 Å². The van der Waals surface area contributed by atoms with E-state index >= 15 is 0 Å². The summed E-state index contributed by atoms with van der Waals surface area (Å²) in [5, 5.41) is 8.78. The molecule has 0 unspecified atom stereocenters. The van der Waals surface area contributed by atoms with Gasteiger partial charge in [-0.2, -0.15) is 0 Å². The molecular weight excluding hydrogens is 286 g/mol. The molecule has 2 rings (SSSR count). The van der Waals surface area contributed by atoms with Gasteiger partial charge < -0.3 is 5.11 Å². The molecule has 1 N–H and O–H groups in total. The fraction of sp³-hybridized carbons (Fsp3) is 0.0714. The van der Waals surface area contributed by atoms with Crippen LogP contribution in [0.5, 0.6) is 0 Å². The van der Waals surface area contributed by atoms with Crippen LogP contribution in [0.2, 0.25) is 0 Å². The Labute approximate surface area is 149 Å². The predicted molar refractivity (Wildman–Crippen MR) is 62.4 cm³/mol. The van der Waals surface area contributed by atoms with Crippen LogP contribution in [0.3, 0.4) is 0 Å². The summed E-state index contributed by atoms with van der Waals surface area (Å²) in [4.78, 5) is 10.7. The van der Waals surface area contributed by atoms with Crippen molar-refractivity contribution < 1.29 is 68.1 Å². The molecule has 0 heterocycles. The number of carboxylic acids is 1. The van der Waals surface area contributed by atoms with Crippen molar-refractivity contribution in [1.29, 1.82) is 0 Å². The first-order chi connectivity index (χ1) is 7.68. The van der Waals surface area contributed by atoms with Crippen LogP contribution in [-0.4, -0.2) is 11.1 Å². The Morgan fingerprint density at radius 1 is 1.18 bits per heavy atom. The van der Waals surface area contributed by atoms with E-state index in [1.54, 1.807) is 12.1 Å². The summed E-state index contributed by atoms with van der Waals surface area (Å²) in [7, 11) is 0. The van der Waals surface area contributed by atoms with Gasteiger partial charge in [0, 0.05) is 0 Å². The molecule has 0 spiro atoms. The van der Waals surface area contributed by atoms with Crippen molar-refractivity contribution in [2.45, 2.75) is 6.92 Å². The van der Waals surface area contributed by atoms with E-state index in [9.17, 15) is 4.79 Å². The van der Waals surface area contributed by atoms with E-state index in [-0.39, 0.29) is 63.8 Å². The maximum absolute atomic E-state index is 10.7. The first-order valence-corrected chi connectivity index (χ1v) is 4.99. The zero-order valence-electron chi connectivity index (χ0n) is 9.90. The summed E-state index contributed by atoms with van der Waals surface area (Å²) in [6, 6.07) is 15.8. The van der Waals surface area contributed by atoms with Gasteiger partial charge in [0.15, 0.2) is 0 Å². The van der Waals surface area contributed by atoms with Crippen LogP contribution in [0.15, 0.2) is 42.5 Å². The molecule has 0 saturated heterocycles. The van der Waals surface area contributed by atoms with Crippen LogP contribution in [-0.2, 0) is 0 Å². The van der Waals surface area contributed by atoms with Gasteiger partial charge in [-0.05, 0) is 12.5 Å². The zero-order chi connectivity index (χ0) is 11.5. The van der Waals surface area contributed by atoms with Gasteiger partial charge in [-0.3, -0.25) is 4.79 Å². The van der Waals surface area contributed by atoms with Gasteiger partial charge >= 0.3 is 58.2 Å². The Bertz CT molecular complexity index is 518. The van der Waals surface area contributed by atoms with E-state index in [0.29, 0.717) is 0 Å². The van der Waals surface area contributed by atoms with E-state index < -0.39 is 5.97 Å². The average Bonchev–Trinajstić information content (AvgIpc) is 2.30. The van der Waals surface area contributed by atoms with Gasteiger partial charge in [0.2, 0.25) is 0 Å². The maximum Gasteiger partial charge on any atom is 1.00 e. The largest absolute Gasteiger partial charge is 1.00 e. The summed E-state index contributed by atoms with van der Waals surface area (Å²) in [6.45, 7) is 2.02. The molecule has 0 amide bonds. The number of hydrogen-bond donors (Lipinski definition) is 1. The maximum atomic E-state index is 10.7. The topological polar surface area (TPSA) is 37.3 Å². The second-order valence-electron chi connectivity index (χ2n) is 3.61. The minimum absolute atomic E-state index is 0. The second kappa shape index (κ2) is 6.60. The van der Waals surface area contributed by atoms with Gasteiger partial charge in [0.25, 0.3) is 5.97 Å². The Morgan fingerprint density at radius 3 is 2.41 bits per heavy atom. The molecule has 0 aromatic heterocycles. The molecule has 2 aromatic carbocycles. The molecule has 0 aliphatic carbocycles. The molecular formula is C14H11O2Rb. The van der Waals surface area contributed by atoms with Crippen molar-refractivity contribution in [3.8, 4) is 11.1 Å². The molecule has 17 heavy (non-hydrogen) atoms. The van der Waals surface area contributed by atoms with Gasteiger partial charge in [-0.1, -0.05) is 35.4 Å². The van der Waals surface area contributed by atoms with Gasteiger partial charge in [0.05, 0.1) is 0 Å². The van der Waals surface area contributed by atoms with E-state index in [1.165, 1.54) is 6.07 Å². The minimum atomic E-state index is -0.924. The number of carboxylic acid groups (broad SMARTS) is 1. The van der Waals surface area contributed by atoms with Crippen molar-refractivity contribution in [3.63, 3.8) is 0 Å². The third-order valence-electron chi connectivity index (χ3n) is 2.49. The Morgan fingerprint density at radius 2 is 1.88 bits per heavy atom. The van der Waals surface area contributed by atoms with Gasteiger partial charge in [-0.15, -0.1) is 29.8 Å². The third-order valence-corrected chi connectivity index (χ3v) is 2.49. The standard InChI is InChI=1S/C14H11O2.Rb/c1-10-4-2-3-5-13(10)11-6-8-12(9-7-11)14(15)16;/h2-6,8-9H,1H3,(H,15,16);/q-1;+1. The summed E-state index contributed by atoms with van der Waals surface area (Å²) in [6.07, 6.45) is 0. The zero-order valence-corrected chi connectivity index (χ0v) is 14.8. The minimum Gasteiger partial charge on any atom is -0.485 e. The molecule has 0 saturated carbocycles. The van der Waals surface area contributed by atoms with E-state index in [2.05, 4.69) is 6.07 Å². The SMILES string of the molecule is Cc1ccccc1-c1[c-]cc(C(=O)O)cc1.[Rb+]. The van der Waals surface area contributed by atoms with Crippen LogP contribution in [0.25, 0.3) is 11.1 Å². The number of aromatic carboxylic acids is 1. The number of carbonyl (C=O) groups is 1. The van der Waals surface area contributed by atoms with Crippen molar-refractivity contribution in [1.82, 2.24) is 0 Å². The molecule has 2 aromatic rings. The van der Waals surface area contributed by atoms with Gasteiger partial charge in [-0.25, -0.2) is 0 Å². The first-order valence-electron chi connectivity index (χ1n) is 4.99. The van der Waals surface area contributed by atoms with Crippen molar-refractivity contribution in [2.24, 2.45) is 0 Å². The number of rotatable bonds is 2. The first kappa shape index (κ1) is 14.8. The van der Waals surface area contributed by atoms with Crippen LogP contribution in [0.4, 0.5) is 0 Å². The molecule has 0 fully saturated rings. The Hall–Kier alpha value is -0.285. The summed E-state index contributed by atoms with van der Waals surface area (Å²) in [5.41, 5.74) is 3.42. The molecule has 3 heteroatoms. The second-order valence-corrected chi connectivity index (χ2v) is 3.61. The number of benzene rings is 2. The molecule has 0 aliphatic rings. The normalized spacial score (nSPS) is 9.47. The Balaban J connectivity index is 0.00000144. The fourth-order valence-corrected chi connectivity index (χ4v) is 1.60. The molecule has 0 aliphatic heterocycles. The van der Waals surface area contributed by atoms with Crippen molar-refractivity contribution in [2.75, 3.05) is 0 Å². The molecule has 2 nitrogen and oxygen atoms in total. The number of aryl methyl sites for hydroxylation is 1. The molecule has 0 atom stereocenters. The van der Waals surface area contributed by atoms with E-state index in [1.807, 2.05) is 31.2 Å². The number of hydrogen-bond acceptors (Lipinski definition) is 1. The van der Waals surface area contributed by atoms with E-state index in [4.69, 9.17) is 5.11 Å². The molecule has 80 valence electrons. The van der Waals surface area contributed by atoms with Crippen LogP contribution in [0, 0.1) is 13.0 Å². The predicted octanol–water partition coefficient (Wildman–Crippen LogP) is 0.164. The van der Waals surface area contributed by atoms with E-state index in [0.717, 1.165) is 16.7 Å². The summed E-state index contributed by atoms with van der Waals surface area (Å²) < 4.78 is 0. The fourth-order valence-electron chi connectivity index (χ4n) is 1.60. The van der Waals surface area contributed by atoms with Crippen LogP contribution < -0.4 is 58.2 Å². The molecule has 0 bridgehead atoms. The van der Waals surface area contributed by atoms with Crippen molar-refractivity contribution >= 4 is 5.97 Å². The smallest absolute Gasteiger partial charge is 0.485 e. The third kappa shape index (κ3) is 3.59. The molecule has 0 radical (unpaired) electrons. The van der Waals surface area contributed by atoms with Crippen LogP contribution >= 0.6 is 0 Å². The quantitative estimate of drug-likeness (QED) is 0.802. The van der Waals surface area contributed by atoms with Gasteiger partial charge in [0.1, 0.15) is 0 Å². The van der Waals surface area contributed by atoms with Crippen molar-refractivity contribution in [3.05, 3.63) is 59.7 Å².